The molecule has 116 valence electrons. The number of esters is 1. The monoisotopic (exact) mass is 337 g/mol. The summed E-state index contributed by atoms with van der Waals surface area (Å²) in [6, 6.07) is 7.06. The summed E-state index contributed by atoms with van der Waals surface area (Å²) in [5.74, 6) is -0.363. The lowest BCUT2D eigenvalue weighted by atomic mass is 10.1. The number of aryl methyl sites for hydroxylation is 1. The Kier molecular flexibility index (Phi) is 5.57. The number of hydrogen-bond acceptors (Lipinski definition) is 4. The standard InChI is InChI=1S/C16H16ClNO3S/c1-3-21-16(20)13-10(2)9-22-15(13)18-14(19)12-6-4-5-11(7-12)8-17/h4-7,9H,3,8H2,1-2H3,(H,18,19). The van der Waals surface area contributed by atoms with Gasteiger partial charge < -0.3 is 10.1 Å². The second-order valence-electron chi connectivity index (χ2n) is 4.63. The van der Waals surface area contributed by atoms with E-state index in [-0.39, 0.29) is 5.91 Å². The second kappa shape index (κ2) is 7.42. The van der Waals surface area contributed by atoms with Crippen LogP contribution in [-0.4, -0.2) is 18.5 Å². The Morgan fingerprint density at radius 2 is 2.14 bits per heavy atom. The molecule has 22 heavy (non-hydrogen) atoms. The Labute approximate surface area is 138 Å². The lowest BCUT2D eigenvalue weighted by Crippen LogP contribution is -2.15. The summed E-state index contributed by atoms with van der Waals surface area (Å²) in [5.41, 5.74) is 2.56. The highest BCUT2D eigenvalue weighted by Gasteiger charge is 2.20. The van der Waals surface area contributed by atoms with Gasteiger partial charge in [-0.15, -0.1) is 22.9 Å². The minimum absolute atomic E-state index is 0.278. The Bertz CT molecular complexity index is 696. The number of amides is 1. The normalized spacial score (nSPS) is 10.3. The molecule has 0 fully saturated rings. The minimum Gasteiger partial charge on any atom is -0.462 e. The number of carbonyl (C=O) groups is 2. The van der Waals surface area contributed by atoms with Gasteiger partial charge in [0.25, 0.3) is 5.91 Å². The molecule has 0 saturated carbocycles. The Hall–Kier alpha value is -1.85. The van der Waals surface area contributed by atoms with Crippen molar-refractivity contribution in [3.05, 3.63) is 51.9 Å². The maximum atomic E-state index is 12.3. The molecular formula is C16H16ClNO3S. The molecule has 4 nitrogen and oxygen atoms in total. The first-order valence-electron chi connectivity index (χ1n) is 6.78. The molecule has 0 spiro atoms. The average Bonchev–Trinajstić information content (AvgIpc) is 2.88. The van der Waals surface area contributed by atoms with Gasteiger partial charge in [0.05, 0.1) is 12.2 Å². The summed E-state index contributed by atoms with van der Waals surface area (Å²) in [7, 11) is 0. The molecule has 6 heteroatoms. The molecular weight excluding hydrogens is 322 g/mol. The number of halogens is 1. The topological polar surface area (TPSA) is 55.4 Å². The molecule has 1 heterocycles. The van der Waals surface area contributed by atoms with Gasteiger partial charge in [-0.3, -0.25) is 4.79 Å². The number of anilines is 1. The van der Waals surface area contributed by atoms with Crippen molar-refractivity contribution in [2.75, 3.05) is 11.9 Å². The van der Waals surface area contributed by atoms with Gasteiger partial charge in [0.1, 0.15) is 5.00 Å². The molecule has 1 N–H and O–H groups in total. The number of hydrogen-bond donors (Lipinski definition) is 1. The Morgan fingerprint density at radius 1 is 1.36 bits per heavy atom. The zero-order valence-electron chi connectivity index (χ0n) is 12.3. The van der Waals surface area contributed by atoms with Crippen LogP contribution in [0.15, 0.2) is 29.6 Å². The number of nitrogens with one attached hydrogen (secondary N) is 1. The molecule has 0 aliphatic heterocycles. The van der Waals surface area contributed by atoms with Crippen LogP contribution in [0.1, 0.15) is 38.8 Å². The number of thiophene rings is 1. The fourth-order valence-corrected chi connectivity index (χ4v) is 3.06. The zero-order valence-corrected chi connectivity index (χ0v) is 13.9. The van der Waals surface area contributed by atoms with Crippen LogP contribution in [-0.2, 0) is 10.6 Å². The summed E-state index contributed by atoms with van der Waals surface area (Å²) >= 11 is 7.08. The third-order valence-corrected chi connectivity index (χ3v) is 4.35. The highest BCUT2D eigenvalue weighted by atomic mass is 35.5. The van der Waals surface area contributed by atoms with Gasteiger partial charge in [-0.25, -0.2) is 4.79 Å². The van der Waals surface area contributed by atoms with Crippen molar-refractivity contribution in [1.29, 1.82) is 0 Å². The van der Waals surface area contributed by atoms with Crippen molar-refractivity contribution in [2.45, 2.75) is 19.7 Å². The molecule has 1 amide bonds. The lowest BCUT2D eigenvalue weighted by Gasteiger charge is -2.08. The van der Waals surface area contributed by atoms with E-state index in [4.69, 9.17) is 16.3 Å². The van der Waals surface area contributed by atoms with Crippen LogP contribution in [0, 0.1) is 6.92 Å². The predicted molar refractivity (Wildman–Crippen MR) is 89.0 cm³/mol. The van der Waals surface area contributed by atoms with Crippen LogP contribution in [0.5, 0.6) is 0 Å². The zero-order chi connectivity index (χ0) is 16.1. The average molecular weight is 338 g/mol. The molecule has 0 saturated heterocycles. The van der Waals surface area contributed by atoms with E-state index in [1.165, 1.54) is 11.3 Å². The highest BCUT2D eigenvalue weighted by Crippen LogP contribution is 2.29. The van der Waals surface area contributed by atoms with Crippen LogP contribution in [0.4, 0.5) is 5.00 Å². The quantitative estimate of drug-likeness (QED) is 0.656. The van der Waals surface area contributed by atoms with E-state index >= 15 is 0 Å². The van der Waals surface area contributed by atoms with Crippen LogP contribution >= 0.6 is 22.9 Å². The molecule has 0 atom stereocenters. The van der Waals surface area contributed by atoms with Crippen molar-refractivity contribution in [1.82, 2.24) is 0 Å². The number of alkyl halides is 1. The van der Waals surface area contributed by atoms with Crippen molar-refractivity contribution in [2.24, 2.45) is 0 Å². The molecule has 1 aromatic carbocycles. The Balaban J connectivity index is 2.23. The lowest BCUT2D eigenvalue weighted by molar-refractivity contribution is 0.0527. The Morgan fingerprint density at radius 3 is 2.82 bits per heavy atom. The van der Waals surface area contributed by atoms with Crippen LogP contribution in [0.2, 0.25) is 0 Å². The fraction of sp³-hybridized carbons (Fsp3) is 0.250. The molecule has 1 aromatic heterocycles. The van der Waals surface area contributed by atoms with E-state index in [0.29, 0.717) is 28.6 Å². The van der Waals surface area contributed by atoms with Gasteiger partial charge in [-0.05, 0) is 42.5 Å². The maximum Gasteiger partial charge on any atom is 0.341 e. The van der Waals surface area contributed by atoms with E-state index in [9.17, 15) is 9.59 Å². The van der Waals surface area contributed by atoms with Crippen molar-refractivity contribution in [3.8, 4) is 0 Å². The second-order valence-corrected chi connectivity index (χ2v) is 5.78. The molecule has 0 aliphatic carbocycles. The largest absolute Gasteiger partial charge is 0.462 e. The van der Waals surface area contributed by atoms with E-state index in [1.54, 1.807) is 25.1 Å². The van der Waals surface area contributed by atoms with Crippen molar-refractivity contribution >= 4 is 39.8 Å². The number of benzene rings is 1. The summed E-state index contributed by atoms with van der Waals surface area (Å²) in [6.45, 7) is 3.85. The molecule has 0 bridgehead atoms. The summed E-state index contributed by atoms with van der Waals surface area (Å²) < 4.78 is 5.03. The van der Waals surface area contributed by atoms with Crippen molar-refractivity contribution < 1.29 is 14.3 Å². The molecule has 0 unspecified atom stereocenters. The first kappa shape index (κ1) is 16.5. The number of ether oxygens (including phenoxy) is 1. The van der Waals surface area contributed by atoms with Gasteiger partial charge in [-0.1, -0.05) is 12.1 Å². The highest BCUT2D eigenvalue weighted by molar-refractivity contribution is 7.15. The maximum absolute atomic E-state index is 12.3. The van der Waals surface area contributed by atoms with Crippen LogP contribution in [0.25, 0.3) is 0 Å². The van der Waals surface area contributed by atoms with E-state index in [1.807, 2.05) is 18.4 Å². The van der Waals surface area contributed by atoms with Gasteiger partial charge >= 0.3 is 5.97 Å². The number of rotatable bonds is 5. The molecule has 0 radical (unpaired) electrons. The van der Waals surface area contributed by atoms with E-state index < -0.39 is 5.97 Å². The third kappa shape index (κ3) is 3.67. The number of carbonyl (C=O) groups excluding carboxylic acids is 2. The van der Waals surface area contributed by atoms with Gasteiger partial charge in [0, 0.05) is 11.4 Å². The smallest absolute Gasteiger partial charge is 0.341 e. The van der Waals surface area contributed by atoms with Crippen LogP contribution in [0.3, 0.4) is 0 Å². The van der Waals surface area contributed by atoms with Gasteiger partial charge in [0.15, 0.2) is 0 Å². The SMILES string of the molecule is CCOC(=O)c1c(C)csc1NC(=O)c1cccc(CCl)c1. The third-order valence-electron chi connectivity index (χ3n) is 3.03. The predicted octanol–water partition coefficient (Wildman–Crippen LogP) is 4.22. The molecule has 2 rings (SSSR count). The fourth-order valence-electron chi connectivity index (χ4n) is 1.96. The van der Waals surface area contributed by atoms with Gasteiger partial charge in [-0.2, -0.15) is 0 Å². The first-order valence-corrected chi connectivity index (χ1v) is 8.19. The minimum atomic E-state index is -0.425. The summed E-state index contributed by atoms with van der Waals surface area (Å²) in [4.78, 5) is 24.3. The van der Waals surface area contributed by atoms with E-state index in [2.05, 4.69) is 5.32 Å². The van der Waals surface area contributed by atoms with E-state index in [0.717, 1.165) is 11.1 Å². The van der Waals surface area contributed by atoms with Gasteiger partial charge in [0.2, 0.25) is 0 Å². The first-order chi connectivity index (χ1) is 10.6. The summed E-state index contributed by atoms with van der Waals surface area (Å²) in [5, 5.41) is 5.09. The van der Waals surface area contributed by atoms with Crippen LogP contribution < -0.4 is 5.32 Å². The van der Waals surface area contributed by atoms with Crippen molar-refractivity contribution in [3.63, 3.8) is 0 Å². The molecule has 0 aliphatic rings. The molecule has 2 aromatic rings. The summed E-state index contributed by atoms with van der Waals surface area (Å²) in [6.07, 6.45) is 0.